The summed E-state index contributed by atoms with van der Waals surface area (Å²) >= 11 is 0. The predicted octanol–water partition coefficient (Wildman–Crippen LogP) is 6.70. The lowest BCUT2D eigenvalue weighted by Gasteiger charge is -2.33. The van der Waals surface area contributed by atoms with E-state index in [0.717, 1.165) is 21.9 Å². The quantitative estimate of drug-likeness (QED) is 0.168. The molecule has 0 radical (unpaired) electrons. The monoisotopic (exact) mass is 627 g/mol. The SMILES string of the molecule is CC[C@@H](C)NC(=O)[C@H](CC)N(Cc1cccc(C)c1)C(=O)CN(c1ccc(Oc2ccccc2)cc1)S(=O)(=O)c1ccccc1. The summed E-state index contributed by atoms with van der Waals surface area (Å²) in [4.78, 5) is 29.3. The van der Waals surface area contributed by atoms with Gasteiger partial charge in [0, 0.05) is 12.6 Å². The van der Waals surface area contributed by atoms with E-state index >= 15 is 0 Å². The van der Waals surface area contributed by atoms with Crippen molar-refractivity contribution in [3.63, 3.8) is 0 Å². The second-order valence-corrected chi connectivity index (χ2v) is 12.8. The minimum Gasteiger partial charge on any atom is -0.457 e. The topological polar surface area (TPSA) is 96.0 Å². The number of nitrogens with one attached hydrogen (secondary N) is 1. The van der Waals surface area contributed by atoms with E-state index in [1.54, 1.807) is 42.5 Å². The molecule has 0 aliphatic heterocycles. The van der Waals surface area contributed by atoms with Crippen LogP contribution < -0.4 is 14.4 Å². The van der Waals surface area contributed by atoms with Crippen LogP contribution >= 0.6 is 0 Å². The highest BCUT2D eigenvalue weighted by atomic mass is 32.2. The van der Waals surface area contributed by atoms with Gasteiger partial charge < -0.3 is 15.0 Å². The zero-order valence-electron chi connectivity index (χ0n) is 26.2. The average molecular weight is 628 g/mol. The van der Waals surface area contributed by atoms with Gasteiger partial charge in [0.15, 0.2) is 0 Å². The highest BCUT2D eigenvalue weighted by molar-refractivity contribution is 7.92. The molecule has 0 heterocycles. The van der Waals surface area contributed by atoms with E-state index < -0.39 is 28.5 Å². The summed E-state index contributed by atoms with van der Waals surface area (Å²) < 4.78 is 35.1. The Bertz CT molecular complexity index is 1660. The van der Waals surface area contributed by atoms with Crippen molar-refractivity contribution in [2.75, 3.05) is 10.8 Å². The van der Waals surface area contributed by atoms with Crippen LogP contribution in [0.2, 0.25) is 0 Å². The third kappa shape index (κ3) is 8.73. The molecule has 0 saturated carbocycles. The fourth-order valence-corrected chi connectivity index (χ4v) is 6.36. The Morgan fingerprint density at radius 2 is 1.42 bits per heavy atom. The highest BCUT2D eigenvalue weighted by Gasteiger charge is 2.34. The van der Waals surface area contributed by atoms with Crippen LogP contribution in [0.1, 0.15) is 44.7 Å². The Morgan fingerprint density at radius 1 is 0.800 bits per heavy atom. The predicted molar refractivity (Wildman–Crippen MR) is 178 cm³/mol. The van der Waals surface area contributed by atoms with E-state index in [2.05, 4.69) is 5.32 Å². The maximum Gasteiger partial charge on any atom is 0.264 e. The molecule has 1 N–H and O–H groups in total. The molecule has 8 nitrogen and oxygen atoms in total. The van der Waals surface area contributed by atoms with Gasteiger partial charge in [0.1, 0.15) is 24.1 Å². The summed E-state index contributed by atoms with van der Waals surface area (Å²) in [5.74, 6) is 0.393. The minimum atomic E-state index is -4.17. The Morgan fingerprint density at radius 3 is 2.02 bits per heavy atom. The number of benzene rings is 4. The van der Waals surface area contributed by atoms with Crippen LogP contribution in [-0.2, 0) is 26.2 Å². The number of anilines is 1. The number of sulfonamides is 1. The van der Waals surface area contributed by atoms with Gasteiger partial charge in [-0.2, -0.15) is 0 Å². The Kier molecular flexibility index (Phi) is 11.4. The Balaban J connectivity index is 1.71. The van der Waals surface area contributed by atoms with Gasteiger partial charge in [0.05, 0.1) is 10.6 Å². The normalized spacial score (nSPS) is 12.5. The standard InChI is InChI=1S/C36H41N3O5S/c1-5-28(4)37-36(41)34(6-2)38(25-29-15-13-14-27(3)24-29)35(40)26-39(45(42,43)33-18-11-8-12-19-33)30-20-22-32(23-21-30)44-31-16-9-7-10-17-31/h7-24,28,34H,5-6,25-26H2,1-4H3,(H,37,41)/t28-,34+/m1/s1. The molecule has 0 fully saturated rings. The molecule has 2 atom stereocenters. The van der Waals surface area contributed by atoms with E-state index in [9.17, 15) is 18.0 Å². The van der Waals surface area contributed by atoms with Gasteiger partial charge in [-0.05, 0) is 80.8 Å². The molecule has 4 aromatic rings. The van der Waals surface area contributed by atoms with E-state index in [1.807, 2.05) is 82.3 Å². The van der Waals surface area contributed by atoms with Crippen molar-refractivity contribution in [1.29, 1.82) is 0 Å². The first-order valence-corrected chi connectivity index (χ1v) is 16.6. The largest absolute Gasteiger partial charge is 0.457 e. The average Bonchev–Trinajstić information content (AvgIpc) is 3.04. The first kappa shape index (κ1) is 33.3. The number of carbonyl (C=O) groups excluding carboxylic acids is 2. The smallest absolute Gasteiger partial charge is 0.264 e. The second kappa shape index (κ2) is 15.4. The number of hydrogen-bond acceptors (Lipinski definition) is 5. The number of nitrogens with zero attached hydrogens (tertiary/aromatic N) is 2. The fraction of sp³-hybridized carbons (Fsp3) is 0.278. The number of aryl methyl sites for hydroxylation is 1. The van der Waals surface area contributed by atoms with Crippen molar-refractivity contribution < 1.29 is 22.7 Å². The van der Waals surface area contributed by atoms with E-state index in [1.165, 1.54) is 17.0 Å². The molecule has 0 aliphatic carbocycles. The van der Waals surface area contributed by atoms with Gasteiger partial charge in [0.2, 0.25) is 11.8 Å². The fourth-order valence-electron chi connectivity index (χ4n) is 4.92. The number of para-hydroxylation sites is 1. The molecule has 0 bridgehead atoms. The lowest BCUT2D eigenvalue weighted by atomic mass is 10.1. The minimum absolute atomic E-state index is 0.0502. The molecular formula is C36H41N3O5S. The summed E-state index contributed by atoms with van der Waals surface area (Å²) in [6, 6.07) is 30.7. The van der Waals surface area contributed by atoms with Gasteiger partial charge in [0.25, 0.3) is 10.0 Å². The number of ether oxygens (including phenoxy) is 1. The zero-order chi connectivity index (χ0) is 32.4. The number of rotatable bonds is 14. The van der Waals surface area contributed by atoms with Crippen molar-refractivity contribution >= 4 is 27.5 Å². The van der Waals surface area contributed by atoms with Gasteiger partial charge in [-0.25, -0.2) is 8.42 Å². The molecule has 0 spiro atoms. The van der Waals surface area contributed by atoms with Crippen LogP contribution in [0.5, 0.6) is 11.5 Å². The van der Waals surface area contributed by atoms with Crippen LogP contribution in [0.3, 0.4) is 0 Å². The molecule has 4 rings (SSSR count). The molecule has 4 aromatic carbocycles. The molecule has 0 aromatic heterocycles. The maximum atomic E-state index is 14.3. The molecule has 0 aliphatic rings. The van der Waals surface area contributed by atoms with Crippen LogP contribution in [0.25, 0.3) is 0 Å². The van der Waals surface area contributed by atoms with Crippen molar-refractivity contribution in [2.24, 2.45) is 0 Å². The summed E-state index contributed by atoms with van der Waals surface area (Å²) in [6.45, 7) is 7.34. The third-order valence-electron chi connectivity index (χ3n) is 7.54. The van der Waals surface area contributed by atoms with Crippen LogP contribution in [-0.4, -0.2) is 43.8 Å². The van der Waals surface area contributed by atoms with Gasteiger partial charge in [-0.15, -0.1) is 0 Å². The molecule has 236 valence electrons. The van der Waals surface area contributed by atoms with E-state index in [-0.39, 0.29) is 23.4 Å². The van der Waals surface area contributed by atoms with Crippen LogP contribution in [0.15, 0.2) is 114 Å². The van der Waals surface area contributed by atoms with E-state index in [4.69, 9.17) is 4.74 Å². The summed E-state index contributed by atoms with van der Waals surface area (Å²) in [5, 5.41) is 3.00. The Hall–Kier alpha value is -4.63. The van der Waals surface area contributed by atoms with Gasteiger partial charge in [-0.3, -0.25) is 13.9 Å². The number of hydrogen-bond donors (Lipinski definition) is 1. The van der Waals surface area contributed by atoms with Gasteiger partial charge >= 0.3 is 0 Å². The molecular weight excluding hydrogens is 586 g/mol. The lowest BCUT2D eigenvalue weighted by molar-refractivity contribution is -0.140. The van der Waals surface area contributed by atoms with Crippen molar-refractivity contribution in [2.45, 2.75) is 64.1 Å². The van der Waals surface area contributed by atoms with E-state index in [0.29, 0.717) is 23.6 Å². The number of amides is 2. The van der Waals surface area contributed by atoms with Crippen LogP contribution in [0, 0.1) is 6.92 Å². The zero-order valence-corrected chi connectivity index (χ0v) is 27.0. The summed E-state index contributed by atoms with van der Waals surface area (Å²) in [7, 11) is -4.17. The summed E-state index contributed by atoms with van der Waals surface area (Å²) in [5.41, 5.74) is 2.15. The van der Waals surface area contributed by atoms with Gasteiger partial charge in [-0.1, -0.05) is 80.1 Å². The first-order chi connectivity index (χ1) is 21.6. The number of carbonyl (C=O) groups is 2. The lowest BCUT2D eigenvalue weighted by Crippen LogP contribution is -2.53. The second-order valence-electron chi connectivity index (χ2n) is 11.0. The van der Waals surface area contributed by atoms with Crippen molar-refractivity contribution in [3.05, 3.63) is 120 Å². The highest BCUT2D eigenvalue weighted by Crippen LogP contribution is 2.28. The van der Waals surface area contributed by atoms with Crippen molar-refractivity contribution in [3.8, 4) is 11.5 Å². The molecule has 0 unspecified atom stereocenters. The maximum absolute atomic E-state index is 14.3. The van der Waals surface area contributed by atoms with Crippen LogP contribution in [0.4, 0.5) is 5.69 Å². The summed E-state index contributed by atoms with van der Waals surface area (Å²) in [6.07, 6.45) is 1.10. The molecule has 9 heteroatoms. The van der Waals surface area contributed by atoms with Crippen molar-refractivity contribution in [1.82, 2.24) is 10.2 Å². The first-order valence-electron chi connectivity index (χ1n) is 15.2. The Labute approximate surface area is 266 Å². The third-order valence-corrected chi connectivity index (χ3v) is 9.32. The molecule has 45 heavy (non-hydrogen) atoms. The molecule has 0 saturated heterocycles. The molecule has 2 amide bonds.